The highest BCUT2D eigenvalue weighted by atomic mass is 32.1. The Labute approximate surface area is 127 Å². The number of hydrogen-bond donors (Lipinski definition) is 2. The van der Waals surface area contributed by atoms with Crippen LogP contribution >= 0.6 is 22.9 Å². The molecule has 0 atom stereocenters. The molecule has 0 radical (unpaired) electrons. The molecule has 0 saturated carbocycles. The molecule has 21 heavy (non-hydrogen) atoms. The summed E-state index contributed by atoms with van der Waals surface area (Å²) in [5.41, 5.74) is 7.66. The summed E-state index contributed by atoms with van der Waals surface area (Å²) < 4.78 is 9.84. The van der Waals surface area contributed by atoms with Crippen molar-refractivity contribution >= 4 is 49.8 Å². The number of carbonyl (C=O) groups is 1. The van der Waals surface area contributed by atoms with Gasteiger partial charge in [-0.05, 0) is 24.5 Å². The first kappa shape index (κ1) is 13.7. The van der Waals surface area contributed by atoms with Crippen LogP contribution in [0.4, 0.5) is 10.8 Å². The van der Waals surface area contributed by atoms with Crippen molar-refractivity contribution in [2.24, 2.45) is 0 Å². The lowest BCUT2D eigenvalue weighted by Gasteiger charge is -2.01. The van der Waals surface area contributed by atoms with Crippen LogP contribution in [0, 0.1) is 6.92 Å². The number of hydrogen-bond acceptors (Lipinski definition) is 8. The monoisotopic (exact) mass is 321 g/mol. The predicted molar refractivity (Wildman–Crippen MR) is 83.2 cm³/mol. The largest absolute Gasteiger partial charge is 0.494 e. The molecule has 0 saturated heterocycles. The lowest BCUT2D eigenvalue weighted by atomic mass is 10.3. The van der Waals surface area contributed by atoms with Crippen LogP contribution in [0.15, 0.2) is 12.1 Å². The fourth-order valence-corrected chi connectivity index (χ4v) is 3.30. The Kier molecular flexibility index (Phi) is 3.43. The van der Waals surface area contributed by atoms with Crippen molar-refractivity contribution in [3.8, 4) is 5.75 Å². The number of benzene rings is 1. The minimum absolute atomic E-state index is 0.270. The molecule has 1 aromatic carbocycles. The summed E-state index contributed by atoms with van der Waals surface area (Å²) in [7, 11) is 1.55. The first-order valence-electron chi connectivity index (χ1n) is 5.93. The van der Waals surface area contributed by atoms with Gasteiger partial charge in [-0.3, -0.25) is 10.1 Å². The van der Waals surface area contributed by atoms with Crippen molar-refractivity contribution in [3.63, 3.8) is 0 Å². The summed E-state index contributed by atoms with van der Waals surface area (Å²) in [6, 6.07) is 3.50. The van der Waals surface area contributed by atoms with Gasteiger partial charge in [-0.25, -0.2) is 4.98 Å². The number of aromatic nitrogens is 3. The van der Waals surface area contributed by atoms with E-state index >= 15 is 0 Å². The first-order chi connectivity index (χ1) is 10.1. The van der Waals surface area contributed by atoms with Crippen molar-refractivity contribution in [3.05, 3.63) is 22.7 Å². The number of amides is 1. The van der Waals surface area contributed by atoms with Gasteiger partial charge in [-0.2, -0.15) is 0 Å². The van der Waals surface area contributed by atoms with E-state index < -0.39 is 0 Å². The molecule has 0 bridgehead atoms. The van der Waals surface area contributed by atoms with Crippen molar-refractivity contribution in [1.82, 2.24) is 14.6 Å². The Morgan fingerprint density at radius 2 is 2.24 bits per heavy atom. The molecule has 3 N–H and O–H groups in total. The van der Waals surface area contributed by atoms with Gasteiger partial charge in [-0.15, -0.1) is 5.10 Å². The van der Waals surface area contributed by atoms with E-state index in [0.29, 0.717) is 32.7 Å². The van der Waals surface area contributed by atoms with E-state index in [1.165, 1.54) is 11.3 Å². The van der Waals surface area contributed by atoms with Crippen LogP contribution in [0.3, 0.4) is 0 Å². The van der Waals surface area contributed by atoms with E-state index in [4.69, 9.17) is 10.5 Å². The van der Waals surface area contributed by atoms with Gasteiger partial charge >= 0.3 is 0 Å². The summed E-state index contributed by atoms with van der Waals surface area (Å²) in [4.78, 5) is 17.0. The van der Waals surface area contributed by atoms with E-state index in [0.717, 1.165) is 16.2 Å². The fourth-order valence-electron chi connectivity index (χ4n) is 1.82. The molecule has 0 aliphatic rings. The maximum Gasteiger partial charge on any atom is 0.271 e. The fraction of sp³-hybridized carbons (Fsp3) is 0.167. The maximum absolute atomic E-state index is 12.1. The van der Waals surface area contributed by atoms with Crippen LogP contribution in [0.2, 0.25) is 0 Å². The zero-order valence-corrected chi connectivity index (χ0v) is 12.8. The highest BCUT2D eigenvalue weighted by molar-refractivity contribution is 7.22. The molecule has 0 spiro atoms. The van der Waals surface area contributed by atoms with E-state index in [9.17, 15) is 4.79 Å². The number of aryl methyl sites for hydroxylation is 1. The summed E-state index contributed by atoms with van der Waals surface area (Å²) in [5, 5.41) is 7.04. The Hall–Kier alpha value is -2.26. The normalized spacial score (nSPS) is 10.8. The van der Waals surface area contributed by atoms with Gasteiger partial charge in [0.15, 0.2) is 5.13 Å². The van der Waals surface area contributed by atoms with Crippen molar-refractivity contribution in [2.75, 3.05) is 18.2 Å². The van der Waals surface area contributed by atoms with E-state index in [-0.39, 0.29) is 5.91 Å². The standard InChI is InChI=1S/C12H11N5O2S2/c1-5-10(21-17-16-5)11(18)15-12-14-9-7(19-2)3-6(13)4-8(9)20-12/h3-4H,13H2,1-2H3,(H,14,15,18). The first-order valence-corrected chi connectivity index (χ1v) is 7.52. The molecule has 0 aliphatic heterocycles. The minimum Gasteiger partial charge on any atom is -0.494 e. The molecule has 3 rings (SSSR count). The number of nitrogens with one attached hydrogen (secondary N) is 1. The molecule has 9 heteroatoms. The smallest absolute Gasteiger partial charge is 0.271 e. The third-order valence-corrected chi connectivity index (χ3v) is 4.52. The molecule has 0 aliphatic carbocycles. The second-order valence-electron chi connectivity index (χ2n) is 4.23. The summed E-state index contributed by atoms with van der Waals surface area (Å²) in [6.07, 6.45) is 0. The van der Waals surface area contributed by atoms with Crippen LogP contribution < -0.4 is 15.8 Å². The van der Waals surface area contributed by atoms with Gasteiger partial charge in [0.05, 0.1) is 17.5 Å². The zero-order valence-electron chi connectivity index (χ0n) is 11.2. The summed E-state index contributed by atoms with van der Waals surface area (Å²) >= 11 is 2.39. The molecular weight excluding hydrogens is 310 g/mol. The number of rotatable bonds is 3. The number of nitrogens with two attached hydrogens (primary N) is 1. The summed E-state index contributed by atoms with van der Waals surface area (Å²) in [5.74, 6) is 0.311. The molecule has 108 valence electrons. The average Bonchev–Trinajstić information content (AvgIpc) is 3.03. The van der Waals surface area contributed by atoms with Gasteiger partial charge < -0.3 is 10.5 Å². The molecule has 3 aromatic rings. The average molecular weight is 321 g/mol. The Morgan fingerprint density at radius 3 is 2.90 bits per heavy atom. The molecule has 1 amide bonds. The van der Waals surface area contributed by atoms with Gasteiger partial charge in [0, 0.05) is 11.8 Å². The Morgan fingerprint density at radius 1 is 1.43 bits per heavy atom. The van der Waals surface area contributed by atoms with Crippen LogP contribution in [-0.4, -0.2) is 27.6 Å². The molecular formula is C12H11N5O2S2. The third kappa shape index (κ3) is 2.52. The topological polar surface area (TPSA) is 103 Å². The van der Waals surface area contributed by atoms with Crippen molar-refractivity contribution in [2.45, 2.75) is 6.92 Å². The highest BCUT2D eigenvalue weighted by Gasteiger charge is 2.16. The van der Waals surface area contributed by atoms with E-state index in [2.05, 4.69) is 19.9 Å². The molecule has 0 unspecified atom stereocenters. The number of fused-ring (bicyclic) bond motifs is 1. The molecule has 2 heterocycles. The number of ether oxygens (including phenoxy) is 1. The van der Waals surface area contributed by atoms with Gasteiger partial charge in [0.2, 0.25) is 0 Å². The lowest BCUT2D eigenvalue weighted by molar-refractivity contribution is 0.103. The number of carbonyl (C=O) groups excluding carboxylic acids is 1. The second kappa shape index (κ2) is 5.26. The van der Waals surface area contributed by atoms with Crippen LogP contribution in [0.1, 0.15) is 15.4 Å². The highest BCUT2D eigenvalue weighted by Crippen LogP contribution is 2.34. The summed E-state index contributed by atoms with van der Waals surface area (Å²) in [6.45, 7) is 1.74. The zero-order chi connectivity index (χ0) is 15.0. The second-order valence-corrected chi connectivity index (χ2v) is 6.02. The van der Waals surface area contributed by atoms with Gasteiger partial charge in [0.1, 0.15) is 16.1 Å². The Bertz CT molecular complexity index is 826. The molecule has 7 nitrogen and oxygen atoms in total. The minimum atomic E-state index is -0.270. The lowest BCUT2D eigenvalue weighted by Crippen LogP contribution is -2.11. The van der Waals surface area contributed by atoms with Crippen molar-refractivity contribution < 1.29 is 9.53 Å². The van der Waals surface area contributed by atoms with E-state index in [1.54, 1.807) is 26.2 Å². The number of nitrogen functional groups attached to an aromatic ring is 1. The van der Waals surface area contributed by atoms with Crippen LogP contribution in [0.5, 0.6) is 5.75 Å². The van der Waals surface area contributed by atoms with Gasteiger partial charge in [0.25, 0.3) is 5.91 Å². The molecule has 0 fully saturated rings. The van der Waals surface area contributed by atoms with E-state index in [1.807, 2.05) is 0 Å². The quantitative estimate of drug-likeness (QED) is 0.717. The SMILES string of the molecule is COc1cc(N)cc2sc(NC(=O)c3snnc3C)nc12. The molecule has 2 aromatic heterocycles. The number of nitrogens with zero attached hydrogens (tertiary/aromatic N) is 3. The Balaban J connectivity index is 1.95. The number of methoxy groups -OCH3 is 1. The van der Waals surface area contributed by atoms with Crippen LogP contribution in [0.25, 0.3) is 10.2 Å². The third-order valence-electron chi connectivity index (χ3n) is 2.78. The van der Waals surface area contributed by atoms with Crippen molar-refractivity contribution in [1.29, 1.82) is 0 Å². The predicted octanol–water partition coefficient (Wildman–Crippen LogP) is 2.30. The van der Waals surface area contributed by atoms with Gasteiger partial charge in [-0.1, -0.05) is 15.8 Å². The maximum atomic E-state index is 12.1. The van der Waals surface area contributed by atoms with Crippen LogP contribution in [-0.2, 0) is 0 Å². The number of thiazole rings is 1. The number of anilines is 2.